The summed E-state index contributed by atoms with van der Waals surface area (Å²) in [7, 11) is 0. The molecule has 0 bridgehead atoms. The quantitative estimate of drug-likeness (QED) is 0.764. The van der Waals surface area contributed by atoms with Crippen LogP contribution in [-0.2, 0) is 11.2 Å². The number of hydrogen-bond donors (Lipinski definition) is 0. The van der Waals surface area contributed by atoms with Crippen molar-refractivity contribution in [1.29, 1.82) is 0 Å². The third-order valence-corrected chi connectivity index (χ3v) is 4.47. The number of hydrogen-bond acceptors (Lipinski definition) is 3. The Morgan fingerprint density at radius 2 is 2.11 bits per heavy atom. The molecular weight excluding hydrogens is 254 g/mol. The van der Waals surface area contributed by atoms with Gasteiger partial charge in [-0.1, -0.05) is 31.2 Å². The van der Waals surface area contributed by atoms with E-state index in [2.05, 4.69) is 37.8 Å². The van der Waals surface area contributed by atoms with Crippen LogP contribution in [0.4, 0.5) is 5.69 Å². The fourth-order valence-corrected chi connectivity index (χ4v) is 3.78. The highest BCUT2D eigenvalue weighted by Gasteiger charge is 2.27. The van der Waals surface area contributed by atoms with Crippen molar-refractivity contribution in [2.45, 2.75) is 45.4 Å². The minimum absolute atomic E-state index is 0.113. The van der Waals surface area contributed by atoms with Gasteiger partial charge in [-0.25, -0.2) is 0 Å². The number of anilines is 1. The summed E-state index contributed by atoms with van der Waals surface area (Å²) in [5.41, 5.74) is 4.10. The summed E-state index contributed by atoms with van der Waals surface area (Å²) in [5, 5.41) is 1.06. The second-order valence-electron chi connectivity index (χ2n) is 4.90. The van der Waals surface area contributed by atoms with Crippen LogP contribution in [0.1, 0.15) is 38.3 Å². The maximum atomic E-state index is 11.4. The van der Waals surface area contributed by atoms with Crippen LogP contribution in [-0.4, -0.2) is 12.3 Å². The molecule has 0 saturated carbocycles. The zero-order valence-electron chi connectivity index (χ0n) is 12.1. The molecule has 19 heavy (non-hydrogen) atoms. The molecule has 0 aromatic heterocycles. The first-order valence-corrected chi connectivity index (χ1v) is 7.70. The molecule has 0 fully saturated rings. The van der Waals surface area contributed by atoms with Gasteiger partial charge in [0.25, 0.3) is 0 Å². The first kappa shape index (κ1) is 14.2. The molecule has 1 aliphatic rings. The van der Waals surface area contributed by atoms with E-state index in [-0.39, 0.29) is 5.78 Å². The van der Waals surface area contributed by atoms with Crippen molar-refractivity contribution < 1.29 is 4.79 Å². The predicted octanol–water partition coefficient (Wildman–Crippen LogP) is 4.31. The molecule has 1 aromatic rings. The minimum Gasteiger partial charge on any atom is -0.335 e. The molecule has 0 spiro atoms. The molecule has 0 radical (unpaired) electrons. The van der Waals surface area contributed by atoms with Crippen molar-refractivity contribution in [1.82, 2.24) is 0 Å². The number of rotatable bonds is 4. The summed E-state index contributed by atoms with van der Waals surface area (Å²) in [6.45, 7) is 9.05. The average molecular weight is 275 g/mol. The van der Waals surface area contributed by atoms with Crippen molar-refractivity contribution in [3.8, 4) is 0 Å². The first-order valence-electron chi connectivity index (χ1n) is 6.88. The summed E-state index contributed by atoms with van der Waals surface area (Å²) in [4.78, 5) is 14.9. The summed E-state index contributed by atoms with van der Waals surface area (Å²) >= 11 is 1.71. The third kappa shape index (κ3) is 2.71. The van der Waals surface area contributed by atoms with E-state index in [1.165, 1.54) is 21.7 Å². The lowest BCUT2D eigenvalue weighted by molar-refractivity contribution is -0.112. The highest BCUT2D eigenvalue weighted by Crippen LogP contribution is 2.48. The van der Waals surface area contributed by atoms with Gasteiger partial charge >= 0.3 is 0 Å². The van der Waals surface area contributed by atoms with Crippen LogP contribution >= 0.6 is 11.8 Å². The molecule has 0 amide bonds. The maximum absolute atomic E-state index is 11.4. The van der Waals surface area contributed by atoms with Gasteiger partial charge in [0, 0.05) is 17.5 Å². The van der Waals surface area contributed by atoms with Crippen LogP contribution in [0, 0.1) is 6.92 Å². The summed E-state index contributed by atoms with van der Waals surface area (Å²) < 4.78 is 0. The van der Waals surface area contributed by atoms with E-state index in [0.29, 0.717) is 0 Å². The molecule has 0 aliphatic carbocycles. The van der Waals surface area contributed by atoms with E-state index in [1.807, 2.05) is 0 Å². The van der Waals surface area contributed by atoms with Crippen LogP contribution in [0.15, 0.2) is 28.1 Å². The van der Waals surface area contributed by atoms with Crippen LogP contribution in [0.5, 0.6) is 0 Å². The predicted molar refractivity (Wildman–Crippen MR) is 82.8 cm³/mol. The third-order valence-electron chi connectivity index (χ3n) is 3.37. The molecule has 0 saturated heterocycles. The molecule has 1 heterocycles. The van der Waals surface area contributed by atoms with Crippen molar-refractivity contribution in [2.75, 3.05) is 11.4 Å². The molecule has 102 valence electrons. The maximum Gasteiger partial charge on any atom is 0.155 e. The Morgan fingerprint density at radius 3 is 2.68 bits per heavy atom. The lowest BCUT2D eigenvalue weighted by Gasteiger charge is -2.22. The Labute approximate surface area is 119 Å². The topological polar surface area (TPSA) is 20.3 Å². The van der Waals surface area contributed by atoms with Gasteiger partial charge in [0.1, 0.15) is 0 Å². The van der Waals surface area contributed by atoms with Gasteiger partial charge in [-0.05, 0) is 44.4 Å². The SMILES string of the molecule is CCCc1c(C)ccc2c1N(CC)/C(=C/C(C)=O)S2. The van der Waals surface area contributed by atoms with E-state index in [4.69, 9.17) is 0 Å². The molecular formula is C16H21NOS. The molecule has 1 aromatic carbocycles. The number of aryl methyl sites for hydroxylation is 1. The standard InChI is InChI=1S/C16H21NOS/c1-5-7-13-11(3)8-9-14-16(13)17(6-2)15(19-14)10-12(4)18/h8-10H,5-7H2,1-4H3/b15-10-. The van der Waals surface area contributed by atoms with Crippen molar-refractivity contribution >= 4 is 23.2 Å². The average Bonchev–Trinajstić information content (AvgIpc) is 2.69. The van der Waals surface area contributed by atoms with Gasteiger partial charge in [0.2, 0.25) is 0 Å². The molecule has 0 unspecified atom stereocenters. The lowest BCUT2D eigenvalue weighted by Crippen LogP contribution is -2.19. The van der Waals surface area contributed by atoms with Gasteiger partial charge in [-0.15, -0.1) is 0 Å². The second kappa shape index (κ2) is 5.83. The Bertz CT molecular complexity index is 534. The Balaban J connectivity index is 2.53. The second-order valence-corrected chi connectivity index (χ2v) is 5.96. The number of allylic oxidation sites excluding steroid dienone is 1. The van der Waals surface area contributed by atoms with E-state index < -0.39 is 0 Å². The number of fused-ring (bicyclic) bond motifs is 1. The molecule has 2 nitrogen and oxygen atoms in total. The zero-order valence-corrected chi connectivity index (χ0v) is 12.9. The molecule has 3 heteroatoms. The van der Waals surface area contributed by atoms with E-state index in [1.54, 1.807) is 24.8 Å². The van der Waals surface area contributed by atoms with Crippen molar-refractivity contribution in [3.63, 3.8) is 0 Å². The van der Waals surface area contributed by atoms with E-state index in [0.717, 1.165) is 24.4 Å². The number of ketones is 1. The lowest BCUT2D eigenvalue weighted by atomic mass is 10.0. The van der Waals surface area contributed by atoms with Gasteiger partial charge in [-0.3, -0.25) is 4.79 Å². The Hall–Kier alpha value is -1.22. The van der Waals surface area contributed by atoms with Gasteiger partial charge < -0.3 is 4.90 Å². The smallest absolute Gasteiger partial charge is 0.155 e. The molecule has 0 N–H and O–H groups in total. The monoisotopic (exact) mass is 275 g/mol. The number of thioether (sulfide) groups is 1. The summed E-state index contributed by atoms with van der Waals surface area (Å²) in [6, 6.07) is 4.37. The highest BCUT2D eigenvalue weighted by atomic mass is 32.2. The van der Waals surface area contributed by atoms with Crippen LogP contribution < -0.4 is 4.90 Å². The fourth-order valence-electron chi connectivity index (χ4n) is 2.53. The Kier molecular flexibility index (Phi) is 4.35. The number of carbonyl (C=O) groups is 1. The fraction of sp³-hybridized carbons (Fsp3) is 0.438. The van der Waals surface area contributed by atoms with Gasteiger partial charge in [0.05, 0.1) is 10.7 Å². The van der Waals surface area contributed by atoms with E-state index >= 15 is 0 Å². The molecule has 1 aliphatic heterocycles. The molecule has 2 rings (SSSR count). The van der Waals surface area contributed by atoms with Crippen molar-refractivity contribution in [2.24, 2.45) is 0 Å². The van der Waals surface area contributed by atoms with Crippen LogP contribution in [0.2, 0.25) is 0 Å². The number of carbonyl (C=O) groups excluding carboxylic acids is 1. The Morgan fingerprint density at radius 1 is 1.37 bits per heavy atom. The van der Waals surface area contributed by atoms with Crippen LogP contribution in [0.25, 0.3) is 0 Å². The zero-order chi connectivity index (χ0) is 14.0. The van der Waals surface area contributed by atoms with Gasteiger partial charge in [0.15, 0.2) is 5.78 Å². The van der Waals surface area contributed by atoms with Crippen LogP contribution in [0.3, 0.4) is 0 Å². The largest absolute Gasteiger partial charge is 0.335 e. The summed E-state index contributed by atoms with van der Waals surface area (Å²) in [6.07, 6.45) is 3.99. The normalized spacial score (nSPS) is 16.0. The van der Waals surface area contributed by atoms with Gasteiger partial charge in [-0.2, -0.15) is 0 Å². The summed E-state index contributed by atoms with van der Waals surface area (Å²) in [5.74, 6) is 0.113. The minimum atomic E-state index is 0.113. The van der Waals surface area contributed by atoms with Crippen molar-refractivity contribution in [3.05, 3.63) is 34.4 Å². The number of nitrogens with zero attached hydrogens (tertiary/aromatic N) is 1. The highest BCUT2D eigenvalue weighted by molar-refractivity contribution is 8.03. The van der Waals surface area contributed by atoms with E-state index in [9.17, 15) is 4.79 Å². The molecule has 0 atom stereocenters. The number of benzene rings is 1. The first-order chi connectivity index (χ1) is 9.08.